The lowest BCUT2D eigenvalue weighted by molar-refractivity contribution is -0.118. The lowest BCUT2D eigenvalue weighted by atomic mass is 10.3. The van der Waals surface area contributed by atoms with Gasteiger partial charge in [0, 0.05) is 16.2 Å². The quantitative estimate of drug-likeness (QED) is 0.909. The molecule has 2 aromatic carbocycles. The van der Waals surface area contributed by atoms with Crippen LogP contribution in [0.3, 0.4) is 0 Å². The van der Waals surface area contributed by atoms with Crippen LogP contribution in [-0.4, -0.2) is 19.6 Å². The normalized spacial score (nSPS) is 9.90. The van der Waals surface area contributed by atoms with Gasteiger partial charge in [-0.2, -0.15) is 0 Å². The lowest BCUT2D eigenvalue weighted by Gasteiger charge is -2.08. The molecule has 0 spiro atoms. The molecule has 0 radical (unpaired) electrons. The van der Waals surface area contributed by atoms with E-state index in [1.807, 2.05) is 30.3 Å². The van der Waals surface area contributed by atoms with Crippen molar-refractivity contribution in [3.63, 3.8) is 0 Å². The highest BCUT2D eigenvalue weighted by atomic mass is 79.9. The SMILES string of the molecule is COc1cccc(OCC(=O)Nc2cccc(Br)c2)c1. The number of ether oxygens (including phenoxy) is 2. The average Bonchev–Trinajstić information content (AvgIpc) is 2.45. The first kappa shape index (κ1) is 14.4. The summed E-state index contributed by atoms with van der Waals surface area (Å²) in [5, 5.41) is 2.76. The molecule has 0 aliphatic heterocycles. The van der Waals surface area contributed by atoms with Crippen molar-refractivity contribution in [2.45, 2.75) is 0 Å². The van der Waals surface area contributed by atoms with Crippen LogP contribution in [0.15, 0.2) is 53.0 Å². The van der Waals surface area contributed by atoms with Crippen LogP contribution in [0.5, 0.6) is 11.5 Å². The summed E-state index contributed by atoms with van der Waals surface area (Å²) < 4.78 is 11.4. The van der Waals surface area contributed by atoms with E-state index in [2.05, 4.69) is 21.2 Å². The molecule has 0 unspecified atom stereocenters. The number of carbonyl (C=O) groups excluding carboxylic acids is 1. The third kappa shape index (κ3) is 4.28. The lowest BCUT2D eigenvalue weighted by Crippen LogP contribution is -2.20. The molecule has 20 heavy (non-hydrogen) atoms. The predicted molar refractivity (Wildman–Crippen MR) is 81.3 cm³/mol. The summed E-state index contributed by atoms with van der Waals surface area (Å²) in [5.41, 5.74) is 0.721. The third-order valence-electron chi connectivity index (χ3n) is 2.52. The third-order valence-corrected chi connectivity index (χ3v) is 3.01. The van der Waals surface area contributed by atoms with E-state index in [1.54, 1.807) is 25.3 Å². The number of benzene rings is 2. The Kier molecular flexibility index (Phi) is 5.01. The van der Waals surface area contributed by atoms with Crippen molar-refractivity contribution in [1.82, 2.24) is 0 Å². The average molecular weight is 336 g/mol. The highest BCUT2D eigenvalue weighted by Crippen LogP contribution is 2.19. The van der Waals surface area contributed by atoms with E-state index in [9.17, 15) is 4.79 Å². The molecular formula is C15H14BrNO3. The van der Waals surface area contributed by atoms with Crippen molar-refractivity contribution in [2.75, 3.05) is 19.0 Å². The molecule has 2 rings (SSSR count). The number of carbonyl (C=O) groups is 1. The fourth-order valence-corrected chi connectivity index (χ4v) is 2.00. The molecule has 0 bridgehead atoms. The summed E-state index contributed by atoms with van der Waals surface area (Å²) in [6, 6.07) is 14.5. The van der Waals surface area contributed by atoms with Gasteiger partial charge in [0.05, 0.1) is 7.11 Å². The summed E-state index contributed by atoms with van der Waals surface area (Å²) in [7, 11) is 1.58. The first-order valence-electron chi connectivity index (χ1n) is 5.99. The number of methoxy groups -OCH3 is 1. The summed E-state index contributed by atoms with van der Waals surface area (Å²) in [4.78, 5) is 11.8. The zero-order valence-electron chi connectivity index (χ0n) is 10.9. The zero-order chi connectivity index (χ0) is 14.4. The maximum Gasteiger partial charge on any atom is 0.262 e. The van der Waals surface area contributed by atoms with E-state index in [1.165, 1.54) is 0 Å². The van der Waals surface area contributed by atoms with Gasteiger partial charge in [-0.3, -0.25) is 4.79 Å². The Balaban J connectivity index is 1.88. The predicted octanol–water partition coefficient (Wildman–Crippen LogP) is 3.48. The van der Waals surface area contributed by atoms with Gasteiger partial charge in [-0.05, 0) is 30.3 Å². The van der Waals surface area contributed by atoms with Gasteiger partial charge in [-0.1, -0.05) is 28.1 Å². The maximum atomic E-state index is 11.8. The van der Waals surface area contributed by atoms with Gasteiger partial charge in [0.2, 0.25) is 0 Å². The van der Waals surface area contributed by atoms with Crippen molar-refractivity contribution >= 4 is 27.5 Å². The van der Waals surface area contributed by atoms with Gasteiger partial charge in [-0.25, -0.2) is 0 Å². The number of nitrogens with one attached hydrogen (secondary N) is 1. The first-order valence-corrected chi connectivity index (χ1v) is 6.79. The largest absolute Gasteiger partial charge is 0.497 e. The van der Waals surface area contributed by atoms with E-state index in [0.717, 1.165) is 10.2 Å². The molecule has 0 saturated carbocycles. The van der Waals surface area contributed by atoms with Crippen molar-refractivity contribution in [3.05, 3.63) is 53.0 Å². The molecule has 0 saturated heterocycles. The Hall–Kier alpha value is -2.01. The molecule has 5 heteroatoms. The summed E-state index contributed by atoms with van der Waals surface area (Å²) in [6.07, 6.45) is 0. The van der Waals surface area contributed by atoms with Gasteiger partial charge in [0.1, 0.15) is 11.5 Å². The molecule has 4 nitrogen and oxygen atoms in total. The van der Waals surface area contributed by atoms with Crippen LogP contribution in [0.25, 0.3) is 0 Å². The van der Waals surface area contributed by atoms with Crippen molar-refractivity contribution < 1.29 is 14.3 Å². The Morgan fingerprint density at radius 3 is 2.65 bits per heavy atom. The van der Waals surface area contributed by atoms with Gasteiger partial charge in [0.25, 0.3) is 5.91 Å². The number of amides is 1. The zero-order valence-corrected chi connectivity index (χ0v) is 12.5. The Bertz CT molecular complexity index is 601. The van der Waals surface area contributed by atoms with Gasteiger partial charge in [0.15, 0.2) is 6.61 Å². The highest BCUT2D eigenvalue weighted by molar-refractivity contribution is 9.10. The minimum absolute atomic E-state index is 0.0559. The van der Waals surface area contributed by atoms with Crippen LogP contribution in [0.4, 0.5) is 5.69 Å². The van der Waals surface area contributed by atoms with Crippen LogP contribution < -0.4 is 14.8 Å². The van der Waals surface area contributed by atoms with Gasteiger partial charge in [-0.15, -0.1) is 0 Å². The van der Waals surface area contributed by atoms with Crippen LogP contribution in [-0.2, 0) is 4.79 Å². The molecule has 0 fully saturated rings. The molecule has 0 aromatic heterocycles. The van der Waals surface area contributed by atoms with Crippen molar-refractivity contribution in [2.24, 2.45) is 0 Å². The standard InChI is InChI=1S/C15H14BrNO3/c1-19-13-6-3-7-14(9-13)20-10-15(18)17-12-5-2-4-11(16)8-12/h2-9H,10H2,1H3,(H,17,18). The smallest absolute Gasteiger partial charge is 0.262 e. The van der Waals surface area contributed by atoms with Crippen LogP contribution in [0.1, 0.15) is 0 Å². The maximum absolute atomic E-state index is 11.8. The molecule has 0 aliphatic carbocycles. The van der Waals surface area contributed by atoms with E-state index in [-0.39, 0.29) is 12.5 Å². The molecule has 2 aromatic rings. The molecule has 104 valence electrons. The van der Waals surface area contributed by atoms with E-state index in [4.69, 9.17) is 9.47 Å². The summed E-state index contributed by atoms with van der Waals surface area (Å²) in [5.74, 6) is 1.06. The second-order valence-electron chi connectivity index (χ2n) is 4.03. The summed E-state index contributed by atoms with van der Waals surface area (Å²) in [6.45, 7) is -0.0559. The highest BCUT2D eigenvalue weighted by Gasteiger charge is 2.04. The number of hydrogen-bond donors (Lipinski definition) is 1. The Morgan fingerprint density at radius 2 is 1.90 bits per heavy atom. The molecule has 0 heterocycles. The second-order valence-corrected chi connectivity index (χ2v) is 4.94. The summed E-state index contributed by atoms with van der Waals surface area (Å²) >= 11 is 3.35. The molecule has 0 atom stereocenters. The topological polar surface area (TPSA) is 47.6 Å². The van der Waals surface area contributed by atoms with E-state index >= 15 is 0 Å². The molecule has 1 amide bonds. The minimum atomic E-state index is -0.217. The van der Waals surface area contributed by atoms with Crippen molar-refractivity contribution in [1.29, 1.82) is 0 Å². The molecule has 0 aliphatic rings. The van der Waals surface area contributed by atoms with Crippen molar-refractivity contribution in [3.8, 4) is 11.5 Å². The molecular weight excluding hydrogens is 322 g/mol. The van der Waals surface area contributed by atoms with Crippen LogP contribution in [0, 0.1) is 0 Å². The number of rotatable bonds is 5. The van der Waals surface area contributed by atoms with Crippen LogP contribution >= 0.6 is 15.9 Å². The fraction of sp³-hybridized carbons (Fsp3) is 0.133. The number of anilines is 1. The first-order chi connectivity index (χ1) is 9.67. The van der Waals surface area contributed by atoms with Crippen LogP contribution in [0.2, 0.25) is 0 Å². The van der Waals surface area contributed by atoms with Gasteiger partial charge >= 0.3 is 0 Å². The minimum Gasteiger partial charge on any atom is -0.497 e. The Morgan fingerprint density at radius 1 is 1.15 bits per heavy atom. The number of halogens is 1. The van der Waals surface area contributed by atoms with E-state index in [0.29, 0.717) is 11.5 Å². The van der Waals surface area contributed by atoms with Gasteiger partial charge < -0.3 is 14.8 Å². The van der Waals surface area contributed by atoms with E-state index < -0.39 is 0 Å². The number of hydrogen-bond acceptors (Lipinski definition) is 3. The second kappa shape index (κ2) is 6.96. The fourth-order valence-electron chi connectivity index (χ4n) is 1.60. The Labute approximate surface area is 125 Å². The molecule has 1 N–H and O–H groups in total. The monoisotopic (exact) mass is 335 g/mol.